The second kappa shape index (κ2) is 40.5. The van der Waals surface area contributed by atoms with Crippen LogP contribution in [0, 0.1) is 30.4 Å². The van der Waals surface area contributed by atoms with Gasteiger partial charge in [0.2, 0.25) is 0 Å². The zero-order chi connectivity index (χ0) is 65.8. The number of nitrogens with zero attached hydrogens (tertiary/aromatic N) is 4. The van der Waals surface area contributed by atoms with E-state index in [-0.39, 0.29) is 34.2 Å². The summed E-state index contributed by atoms with van der Waals surface area (Å²) in [7, 11) is 8.74. The SMILES string of the molecule is CCC[CH2][Sn]([CH2]CCC)([CH2]CCC)[c]1cccs1.Fc1c(F)c(-c2cccs2)c2nsnc2c1-c1cccs1.Fc1c(F)c(I)c2nsnc2c1I.[Cl][Pd][Cl].c1ccc(P(c2ccccc2)c2ccccc2)cc1.c1ccc(P(c2ccccc2)c2ccccc2)cc1. The number of thiophene rings is 3. The van der Waals surface area contributed by atoms with Crippen LogP contribution in [0.2, 0.25) is 13.3 Å². The van der Waals surface area contributed by atoms with Gasteiger partial charge in [-0.2, -0.15) is 17.5 Å². The van der Waals surface area contributed by atoms with Gasteiger partial charge in [0.1, 0.15) is 22.1 Å². The van der Waals surface area contributed by atoms with Crippen molar-refractivity contribution in [3.05, 3.63) is 265 Å². The van der Waals surface area contributed by atoms with Crippen LogP contribution >= 0.6 is 138 Å². The molecule has 0 fully saturated rings. The third-order valence-corrected chi connectivity index (χ3v) is 43.7. The van der Waals surface area contributed by atoms with E-state index in [1.165, 1.54) is 93.0 Å². The molecule has 0 aliphatic rings. The number of rotatable bonds is 18. The van der Waals surface area contributed by atoms with Crippen LogP contribution in [0.4, 0.5) is 17.6 Å². The Balaban J connectivity index is 0.000000149. The van der Waals surface area contributed by atoms with Gasteiger partial charge in [0.15, 0.2) is 23.3 Å². The van der Waals surface area contributed by atoms with E-state index in [1.54, 1.807) is 82.8 Å². The van der Waals surface area contributed by atoms with Crippen molar-refractivity contribution in [3.63, 3.8) is 0 Å². The van der Waals surface area contributed by atoms with Crippen LogP contribution in [0.1, 0.15) is 59.3 Å². The van der Waals surface area contributed by atoms with Gasteiger partial charge >= 0.3 is 158 Å². The van der Waals surface area contributed by atoms with Crippen molar-refractivity contribution in [2.45, 2.75) is 72.6 Å². The molecule has 0 radical (unpaired) electrons. The van der Waals surface area contributed by atoms with Crippen LogP contribution in [0.15, 0.2) is 235 Å². The number of fused-ring (bicyclic) bond motifs is 2. The number of hydrogen-bond donors (Lipinski definition) is 0. The minimum Gasteiger partial charge on any atom is -0.0622 e. The minimum atomic E-state index is -2.01. The molecule has 0 bridgehead atoms. The molecule has 8 aromatic carbocycles. The van der Waals surface area contributed by atoms with Crippen molar-refractivity contribution in [1.82, 2.24) is 17.5 Å². The first-order valence-corrected chi connectivity index (χ1v) is 50.3. The Morgan fingerprint density at radius 2 is 0.645 bits per heavy atom. The standard InChI is InChI=1S/2C18H15P.C14H6F2N2S3.C6F2I2N2S.C4H3S.3C4H9.2ClH.Pd.Sn/c2*1-4-10-16(11-5-1)19(17-12-6-2-7-13-17)18-14-8-3-9-15-18;15-11-9(7-3-1-5-19-7)13-14(18-21-17-13)10(12(11)16)8-4-2-6-20-8;7-1-2(8)4(10)6-5(3(1)9)11-13-12-6;1-2-4-5-3-1;3*1-3-4-2;;;;/h2*1-15H;1-6H;;1-3H;3*1,3-4H2,2H3;2*1H;;/q;;;;;;;;;;+2;/p-2. The minimum absolute atomic E-state index is 0.106. The van der Waals surface area contributed by atoms with Gasteiger partial charge in [-0.1, -0.05) is 194 Å². The predicted octanol–water partition coefficient (Wildman–Crippen LogP) is 22.7. The Bertz CT molecular complexity index is 3780. The van der Waals surface area contributed by atoms with Gasteiger partial charge < -0.3 is 0 Å². The van der Waals surface area contributed by atoms with E-state index >= 15 is 0 Å². The molecule has 4 nitrogen and oxygen atoms in total. The Morgan fingerprint density at radius 1 is 0.376 bits per heavy atom. The maximum Gasteiger partial charge on any atom is -0.0134 e. The molecule has 0 spiro atoms. The van der Waals surface area contributed by atoms with Crippen molar-refractivity contribution >= 4 is 213 Å². The molecule has 0 N–H and O–H groups in total. The number of unbranched alkanes of at least 4 members (excludes halogenated alkanes) is 3. The van der Waals surface area contributed by atoms with Gasteiger partial charge in [-0.15, -0.1) is 22.7 Å². The van der Waals surface area contributed by atoms with E-state index in [2.05, 4.69) is 249 Å². The Kier molecular flexibility index (Phi) is 32.8. The van der Waals surface area contributed by atoms with Crippen molar-refractivity contribution < 1.29 is 33.5 Å². The summed E-state index contributed by atoms with van der Waals surface area (Å²) in [5.74, 6) is -3.41. The third kappa shape index (κ3) is 20.8. The number of hydrogen-bond acceptors (Lipinski definition) is 9. The summed E-state index contributed by atoms with van der Waals surface area (Å²) in [5, 5.41) is 14.3. The summed E-state index contributed by atoms with van der Waals surface area (Å²) < 4.78 is 78.7. The van der Waals surface area contributed by atoms with E-state index in [9.17, 15) is 17.6 Å². The summed E-state index contributed by atoms with van der Waals surface area (Å²) in [6.45, 7) is 7.06. The van der Waals surface area contributed by atoms with Crippen LogP contribution in [0.3, 0.4) is 0 Å². The first-order chi connectivity index (χ1) is 45.5. The van der Waals surface area contributed by atoms with Crippen LogP contribution in [0.25, 0.3) is 42.9 Å². The van der Waals surface area contributed by atoms with Crippen LogP contribution in [-0.4, -0.2) is 35.9 Å². The average Bonchev–Trinajstić information content (AvgIpc) is 1.71. The van der Waals surface area contributed by atoms with Crippen LogP contribution in [-0.2, 0) is 15.9 Å². The normalized spacial score (nSPS) is 11.0. The van der Waals surface area contributed by atoms with Crippen molar-refractivity contribution in [1.29, 1.82) is 0 Å². The monoisotopic (exact) mass is 1830 g/mol. The smallest absolute Gasteiger partial charge is 0.0134 e. The zero-order valence-electron chi connectivity index (χ0n) is 50.9. The molecule has 0 saturated carbocycles. The molecule has 13 rings (SSSR count). The van der Waals surface area contributed by atoms with E-state index in [0.29, 0.717) is 31.8 Å². The van der Waals surface area contributed by atoms with Gasteiger partial charge in [-0.3, -0.25) is 0 Å². The molecule has 5 heterocycles. The molecule has 93 heavy (non-hydrogen) atoms. The van der Waals surface area contributed by atoms with Crippen molar-refractivity contribution in [3.8, 4) is 20.9 Å². The fraction of sp³-hybridized carbons (Fsp3) is 0.167. The molecule has 0 aliphatic heterocycles. The molecule has 21 heteroatoms. The molecule has 5 aromatic heterocycles. The zero-order valence-corrected chi connectivity index (χ0v) is 67.1. The fourth-order valence-corrected chi connectivity index (χ4v) is 39.0. The fourth-order valence-electron chi connectivity index (χ4n) is 10.3. The number of halogens is 8. The first-order valence-electron chi connectivity index (χ1n) is 29.9. The van der Waals surface area contributed by atoms with Crippen LogP contribution < -0.4 is 34.7 Å². The molecule has 0 amide bonds. The largest absolute Gasteiger partial charge is 0.0622 e. The summed E-state index contributed by atoms with van der Waals surface area (Å²) in [4.78, 5) is 1.31. The molecular formula is C72H66Cl2F4I2N4P2PdS5Sn. The van der Waals surface area contributed by atoms with Gasteiger partial charge in [0.25, 0.3) is 0 Å². The number of aromatic nitrogens is 4. The summed E-state index contributed by atoms with van der Waals surface area (Å²) >= 11 is 8.04. The Morgan fingerprint density at radius 3 is 0.892 bits per heavy atom. The summed E-state index contributed by atoms with van der Waals surface area (Å²) in [6, 6.07) is 76.5. The van der Waals surface area contributed by atoms with Crippen LogP contribution in [0.5, 0.6) is 0 Å². The molecule has 0 aliphatic carbocycles. The van der Waals surface area contributed by atoms with Gasteiger partial charge in [0, 0.05) is 9.75 Å². The topological polar surface area (TPSA) is 51.6 Å². The van der Waals surface area contributed by atoms with E-state index in [1.807, 2.05) is 13.7 Å². The number of benzene rings is 8. The van der Waals surface area contributed by atoms with E-state index in [4.69, 9.17) is 19.1 Å². The molecule has 13 aromatic rings. The maximum absolute atomic E-state index is 14.6. The first kappa shape index (κ1) is 75.4. The molecule has 484 valence electrons. The molecule has 0 atom stereocenters. The summed E-state index contributed by atoms with van der Waals surface area (Å²) in [5.41, 5.74) is 2.12. The van der Waals surface area contributed by atoms with E-state index < -0.39 is 57.5 Å². The molecule has 0 saturated heterocycles. The maximum atomic E-state index is 14.6. The average molecular weight is 1840 g/mol. The third-order valence-electron chi connectivity index (χ3n) is 14.8. The Labute approximate surface area is 614 Å². The second-order valence-electron chi connectivity index (χ2n) is 20.8. The Hall–Kier alpha value is -3.42. The second-order valence-corrected chi connectivity index (χ2v) is 47.8. The predicted molar refractivity (Wildman–Crippen MR) is 418 cm³/mol. The quantitative estimate of drug-likeness (QED) is 0.0215. The van der Waals surface area contributed by atoms with Crippen molar-refractivity contribution in [2.75, 3.05) is 0 Å². The van der Waals surface area contributed by atoms with Crippen molar-refractivity contribution in [2.24, 2.45) is 0 Å². The van der Waals surface area contributed by atoms with Gasteiger partial charge in [0.05, 0.1) is 41.7 Å². The molecule has 0 unspecified atom stereocenters. The molecular weight excluding hydrogens is 1770 g/mol. The van der Waals surface area contributed by atoms with Gasteiger partial charge in [-0.05, 0) is 116 Å². The van der Waals surface area contributed by atoms with Gasteiger partial charge in [-0.25, -0.2) is 17.6 Å². The van der Waals surface area contributed by atoms with E-state index in [0.717, 1.165) is 23.5 Å². The summed E-state index contributed by atoms with van der Waals surface area (Å²) in [6.07, 6.45) is 8.55.